The Hall–Kier alpha value is -3.19. The first kappa shape index (κ1) is 26.1. The predicted octanol–water partition coefficient (Wildman–Crippen LogP) is 3.26. The van der Waals surface area contributed by atoms with Gasteiger partial charge < -0.3 is 19.4 Å². The summed E-state index contributed by atoms with van der Waals surface area (Å²) in [6, 6.07) is 10.0. The number of anilines is 1. The van der Waals surface area contributed by atoms with Crippen LogP contribution in [0.25, 0.3) is 0 Å². The lowest BCUT2D eigenvalue weighted by Crippen LogP contribution is -2.43. The van der Waals surface area contributed by atoms with E-state index < -0.39 is 34.7 Å². The Morgan fingerprint density at radius 3 is 2.59 bits per heavy atom. The monoisotopic (exact) mass is 589 g/mol. The maximum Gasteiger partial charge on any atom is 0.305 e. The number of amides is 3. The summed E-state index contributed by atoms with van der Waals surface area (Å²) in [5.41, 5.74) is 0.752. The van der Waals surface area contributed by atoms with Crippen molar-refractivity contribution < 1.29 is 28.2 Å². The van der Waals surface area contributed by atoms with Crippen LogP contribution in [-0.2, 0) is 19.1 Å². The normalized spacial score (nSPS) is 22.6. The van der Waals surface area contributed by atoms with Crippen LogP contribution >= 0.6 is 34.7 Å². The molecule has 2 fully saturated rings. The van der Waals surface area contributed by atoms with Crippen molar-refractivity contribution >= 4 is 58.1 Å². The molecule has 1 N–H and O–H groups in total. The minimum absolute atomic E-state index is 0.210. The quantitative estimate of drug-likeness (QED) is 0.455. The number of fused-ring (bicyclic) bond motifs is 2. The van der Waals surface area contributed by atoms with E-state index in [0.717, 1.165) is 28.0 Å². The van der Waals surface area contributed by atoms with E-state index in [1.165, 1.54) is 24.3 Å². The second-order valence-electron chi connectivity index (χ2n) is 9.20. The smallest absolute Gasteiger partial charge is 0.305 e. The van der Waals surface area contributed by atoms with Crippen LogP contribution in [0.1, 0.15) is 16.4 Å². The van der Waals surface area contributed by atoms with Crippen molar-refractivity contribution in [2.45, 2.75) is 16.2 Å². The molecule has 39 heavy (non-hydrogen) atoms. The predicted molar refractivity (Wildman–Crippen MR) is 143 cm³/mol. The van der Waals surface area contributed by atoms with Crippen LogP contribution in [0.3, 0.4) is 0 Å². The summed E-state index contributed by atoms with van der Waals surface area (Å²) in [5.74, 6) is -2.95. The molecule has 0 saturated carbocycles. The molecule has 4 heterocycles. The van der Waals surface area contributed by atoms with Gasteiger partial charge in [0.2, 0.25) is 11.8 Å². The van der Waals surface area contributed by atoms with Gasteiger partial charge >= 0.3 is 4.87 Å². The minimum Gasteiger partial charge on any atom is -0.483 e. The van der Waals surface area contributed by atoms with Gasteiger partial charge in [-0.05, 0) is 42.5 Å². The van der Waals surface area contributed by atoms with Crippen LogP contribution in [0, 0.1) is 11.7 Å². The Balaban J connectivity index is 1.39. The highest BCUT2D eigenvalue weighted by atomic mass is 35.5. The first-order valence-corrected chi connectivity index (χ1v) is 14.2. The van der Waals surface area contributed by atoms with E-state index in [9.17, 15) is 23.6 Å². The van der Waals surface area contributed by atoms with Gasteiger partial charge in [-0.2, -0.15) is 0 Å². The number of imide groups is 1. The Morgan fingerprint density at radius 1 is 1.10 bits per heavy atom. The van der Waals surface area contributed by atoms with Crippen molar-refractivity contribution in [3.63, 3.8) is 0 Å². The highest BCUT2D eigenvalue weighted by molar-refractivity contribution is 8.00. The Morgan fingerprint density at radius 2 is 1.85 bits per heavy atom. The lowest BCUT2D eigenvalue weighted by Gasteiger charge is -2.31. The van der Waals surface area contributed by atoms with Gasteiger partial charge in [0.15, 0.2) is 6.61 Å². The largest absolute Gasteiger partial charge is 0.483 e. The zero-order valence-corrected chi connectivity index (χ0v) is 22.6. The molecular weight excluding hydrogens is 569 g/mol. The second kappa shape index (κ2) is 10.4. The van der Waals surface area contributed by atoms with E-state index >= 15 is 0 Å². The molecule has 3 unspecified atom stereocenters. The molecule has 0 radical (unpaired) electrons. The zero-order chi connectivity index (χ0) is 27.3. The summed E-state index contributed by atoms with van der Waals surface area (Å²) in [4.78, 5) is 58.4. The fourth-order valence-electron chi connectivity index (χ4n) is 5.13. The van der Waals surface area contributed by atoms with E-state index in [0.29, 0.717) is 52.5 Å². The molecule has 2 aromatic carbocycles. The van der Waals surface area contributed by atoms with E-state index in [4.69, 9.17) is 21.1 Å². The van der Waals surface area contributed by atoms with Crippen molar-refractivity contribution in [2.75, 3.05) is 37.8 Å². The van der Waals surface area contributed by atoms with Crippen LogP contribution in [0.2, 0.25) is 5.02 Å². The van der Waals surface area contributed by atoms with Gasteiger partial charge in [0.1, 0.15) is 16.8 Å². The van der Waals surface area contributed by atoms with Gasteiger partial charge in [0, 0.05) is 34.5 Å². The number of halogens is 2. The number of ether oxygens (including phenoxy) is 2. The van der Waals surface area contributed by atoms with Crippen molar-refractivity contribution in [3.8, 4) is 5.75 Å². The topological polar surface area (TPSA) is 109 Å². The van der Waals surface area contributed by atoms with Gasteiger partial charge in [0.25, 0.3) is 5.91 Å². The lowest BCUT2D eigenvalue weighted by atomic mass is 9.82. The molecule has 0 aliphatic carbocycles. The third kappa shape index (κ3) is 4.75. The summed E-state index contributed by atoms with van der Waals surface area (Å²) in [6.45, 7) is 1.60. The van der Waals surface area contributed by atoms with Gasteiger partial charge in [-0.15, -0.1) is 0 Å². The minimum atomic E-state index is -0.887. The Bertz CT molecular complexity index is 1520. The number of benzene rings is 2. The molecule has 0 spiro atoms. The highest BCUT2D eigenvalue weighted by Gasteiger charge is 2.56. The van der Waals surface area contributed by atoms with Crippen LogP contribution in [-0.4, -0.2) is 65.8 Å². The number of morpholine rings is 1. The fraction of sp³-hybridized carbons (Fsp3) is 0.308. The first-order chi connectivity index (χ1) is 18.8. The van der Waals surface area contributed by atoms with Crippen LogP contribution in [0.4, 0.5) is 10.1 Å². The molecule has 2 saturated heterocycles. The standard InChI is InChI=1S/C26H21ClFN3O6S2/c27-13-1-6-17(37-12-18(32)30-7-9-36-10-8-30)16(11-13)19-20-22(38-23-21(19)39-26(35)29-23)25(34)31(24(20)33)15-4-2-14(28)3-5-15/h1-6,11,19-20,22H,7-10,12H2,(H,29,35). The Labute approximate surface area is 234 Å². The summed E-state index contributed by atoms with van der Waals surface area (Å²) < 4.78 is 24.9. The van der Waals surface area contributed by atoms with Crippen molar-refractivity contribution in [1.82, 2.24) is 9.88 Å². The van der Waals surface area contributed by atoms with Crippen molar-refractivity contribution in [1.29, 1.82) is 0 Å². The number of thiazole rings is 1. The third-order valence-corrected chi connectivity index (χ3v) is 9.57. The maximum absolute atomic E-state index is 13.9. The van der Waals surface area contributed by atoms with E-state index in [2.05, 4.69) is 4.98 Å². The average Bonchev–Trinajstić information content (AvgIpc) is 3.43. The SMILES string of the molecule is O=C(COc1ccc(Cl)cc1C1c2sc(=O)[nH]c2SC2C(=O)N(c3ccc(F)cc3)C(=O)C21)N1CCOCC1. The zero-order valence-electron chi connectivity index (χ0n) is 20.2. The molecule has 1 aromatic heterocycles. The maximum atomic E-state index is 13.9. The van der Waals surface area contributed by atoms with E-state index in [1.54, 1.807) is 23.1 Å². The number of hydrogen-bond donors (Lipinski definition) is 1. The molecule has 0 bridgehead atoms. The molecule has 9 nitrogen and oxygen atoms in total. The van der Waals surface area contributed by atoms with Crippen LogP contribution in [0.5, 0.6) is 5.75 Å². The number of rotatable bonds is 5. The average molecular weight is 590 g/mol. The molecule has 6 rings (SSSR count). The second-order valence-corrected chi connectivity index (χ2v) is 11.8. The number of thioether (sulfide) groups is 1. The fourth-order valence-corrected chi connectivity index (χ4v) is 7.82. The summed E-state index contributed by atoms with van der Waals surface area (Å²) in [6.07, 6.45) is 0. The number of H-pyrrole nitrogens is 1. The number of aromatic nitrogens is 1. The number of hydrogen-bond acceptors (Lipinski definition) is 8. The van der Waals surface area contributed by atoms with Gasteiger partial charge in [-0.25, -0.2) is 9.29 Å². The number of nitrogens with one attached hydrogen (secondary N) is 1. The summed E-state index contributed by atoms with van der Waals surface area (Å²) in [5, 5.41) is 0.0176. The summed E-state index contributed by atoms with van der Waals surface area (Å²) in [7, 11) is 0. The van der Waals surface area contributed by atoms with E-state index in [1.807, 2.05) is 0 Å². The molecule has 3 aliphatic rings. The lowest BCUT2D eigenvalue weighted by molar-refractivity contribution is -0.137. The third-order valence-electron chi connectivity index (χ3n) is 6.93. The summed E-state index contributed by atoms with van der Waals surface area (Å²) >= 11 is 8.47. The number of aromatic amines is 1. The molecule has 202 valence electrons. The molecule has 3 aliphatic heterocycles. The van der Waals surface area contributed by atoms with Crippen molar-refractivity contribution in [2.24, 2.45) is 5.92 Å². The van der Waals surface area contributed by atoms with Crippen molar-refractivity contribution in [3.05, 3.63) is 73.4 Å². The van der Waals surface area contributed by atoms with Crippen LogP contribution < -0.4 is 14.5 Å². The first-order valence-electron chi connectivity index (χ1n) is 12.1. The molecule has 13 heteroatoms. The highest BCUT2D eigenvalue weighted by Crippen LogP contribution is 2.54. The van der Waals surface area contributed by atoms with Gasteiger partial charge in [-0.3, -0.25) is 19.2 Å². The number of carbonyl (C=O) groups is 3. The molecule has 3 aromatic rings. The molecule has 3 atom stereocenters. The number of carbonyl (C=O) groups excluding carboxylic acids is 3. The van der Waals surface area contributed by atoms with E-state index in [-0.39, 0.29) is 23.1 Å². The van der Waals surface area contributed by atoms with Crippen LogP contribution in [0.15, 0.2) is 52.3 Å². The van der Waals surface area contributed by atoms with Gasteiger partial charge in [0.05, 0.1) is 29.8 Å². The van der Waals surface area contributed by atoms with Gasteiger partial charge in [-0.1, -0.05) is 34.7 Å². The molecule has 3 amide bonds. The Kier molecular flexibility index (Phi) is 6.96. The molecular formula is C26H21ClFN3O6S2. The number of nitrogens with zero attached hydrogens (tertiary/aromatic N) is 2.